The fourth-order valence-electron chi connectivity index (χ4n) is 4.39. The normalized spacial score (nSPS) is 16.8. The van der Waals surface area contributed by atoms with Crippen LogP contribution in [0.1, 0.15) is 43.5 Å². The molecule has 4 rings (SSSR count). The Morgan fingerprint density at radius 2 is 1.62 bits per heavy atom. The number of ether oxygens (including phenoxy) is 3. The van der Waals surface area contributed by atoms with Crippen LogP contribution >= 0.6 is 0 Å². The van der Waals surface area contributed by atoms with Crippen LogP contribution in [0.3, 0.4) is 0 Å². The number of rotatable bonds is 9. The molecule has 3 aromatic rings. The van der Waals surface area contributed by atoms with Gasteiger partial charge in [-0.15, -0.1) is 0 Å². The number of hydrogen-bond donors (Lipinski definition) is 1. The molecule has 1 amide bonds. The molecule has 0 spiro atoms. The van der Waals surface area contributed by atoms with Crippen LogP contribution in [0, 0.1) is 0 Å². The van der Waals surface area contributed by atoms with Gasteiger partial charge in [0.05, 0.1) is 31.4 Å². The maximum atomic E-state index is 13.3. The van der Waals surface area contributed by atoms with Gasteiger partial charge in [-0.25, -0.2) is 0 Å². The summed E-state index contributed by atoms with van der Waals surface area (Å²) in [5.74, 6) is 0.326. The van der Waals surface area contributed by atoms with Crippen molar-refractivity contribution in [3.8, 4) is 17.2 Å². The molecule has 37 heavy (non-hydrogen) atoms. The number of methoxy groups -OCH3 is 1. The minimum Gasteiger partial charge on any atom is -0.507 e. The molecule has 192 valence electrons. The molecule has 0 saturated carbocycles. The van der Waals surface area contributed by atoms with Gasteiger partial charge in [-0.05, 0) is 80.4 Å². The molecule has 3 aromatic carbocycles. The number of aliphatic hydroxyl groups excluding tert-OH is 1. The lowest BCUT2D eigenvalue weighted by molar-refractivity contribution is -0.140. The molecular weight excluding hydrogens is 470 g/mol. The van der Waals surface area contributed by atoms with Gasteiger partial charge in [0.2, 0.25) is 0 Å². The minimum atomic E-state index is -0.784. The van der Waals surface area contributed by atoms with Crippen molar-refractivity contribution in [2.45, 2.75) is 39.5 Å². The summed E-state index contributed by atoms with van der Waals surface area (Å²) >= 11 is 0. The van der Waals surface area contributed by atoms with E-state index in [9.17, 15) is 14.7 Å². The zero-order chi connectivity index (χ0) is 26.5. The summed E-state index contributed by atoms with van der Waals surface area (Å²) in [7, 11) is 1.57. The summed E-state index contributed by atoms with van der Waals surface area (Å²) in [5.41, 5.74) is 1.95. The molecule has 1 unspecified atom stereocenters. The number of aliphatic hydroxyl groups is 1. The van der Waals surface area contributed by atoms with Crippen LogP contribution in [0.5, 0.6) is 17.2 Å². The lowest BCUT2D eigenvalue weighted by Crippen LogP contribution is -2.29. The first kappa shape index (κ1) is 25.8. The standard InChI is InChI=1S/C30H31NO6/c1-5-36-25-8-6-7-20(17-25)18-31-27(21-9-13-23(35-4)14-10-21)26(29(33)30(31)34)28(32)22-11-15-24(16-12-22)37-19(2)3/h6-17,19,27,32H,5,18H2,1-4H3/b28-26-. The first-order chi connectivity index (χ1) is 17.8. The van der Waals surface area contributed by atoms with Crippen molar-refractivity contribution in [2.75, 3.05) is 13.7 Å². The van der Waals surface area contributed by atoms with Gasteiger partial charge in [-0.3, -0.25) is 9.59 Å². The van der Waals surface area contributed by atoms with Crippen LogP contribution in [0.2, 0.25) is 0 Å². The van der Waals surface area contributed by atoms with Gasteiger partial charge in [0.1, 0.15) is 23.0 Å². The molecule has 1 atom stereocenters. The molecule has 1 aliphatic rings. The van der Waals surface area contributed by atoms with Crippen molar-refractivity contribution in [3.05, 3.63) is 95.1 Å². The van der Waals surface area contributed by atoms with Crippen LogP contribution in [-0.4, -0.2) is 41.5 Å². The predicted molar refractivity (Wildman–Crippen MR) is 141 cm³/mol. The highest BCUT2D eigenvalue weighted by Gasteiger charge is 2.46. The Morgan fingerprint density at radius 3 is 2.24 bits per heavy atom. The highest BCUT2D eigenvalue weighted by atomic mass is 16.5. The fraction of sp³-hybridized carbons (Fsp3) is 0.267. The quantitative estimate of drug-likeness (QED) is 0.237. The SMILES string of the molecule is CCOc1cccc(CN2C(=O)C(=O)/C(=C(\O)c3ccc(OC(C)C)cc3)C2c2ccc(OC)cc2)c1. The zero-order valence-electron chi connectivity index (χ0n) is 21.4. The van der Waals surface area contributed by atoms with Crippen LogP contribution < -0.4 is 14.2 Å². The Morgan fingerprint density at radius 1 is 0.946 bits per heavy atom. The van der Waals surface area contributed by atoms with Gasteiger partial charge in [0.25, 0.3) is 11.7 Å². The van der Waals surface area contributed by atoms with E-state index in [-0.39, 0.29) is 24.0 Å². The number of carbonyl (C=O) groups is 2. The summed E-state index contributed by atoms with van der Waals surface area (Å²) < 4.78 is 16.6. The van der Waals surface area contributed by atoms with E-state index in [1.807, 2.05) is 45.0 Å². The average Bonchev–Trinajstić information content (AvgIpc) is 3.14. The van der Waals surface area contributed by atoms with E-state index >= 15 is 0 Å². The average molecular weight is 502 g/mol. The summed E-state index contributed by atoms with van der Waals surface area (Å²) in [4.78, 5) is 28.1. The number of hydrogen-bond acceptors (Lipinski definition) is 6. The van der Waals surface area contributed by atoms with Gasteiger partial charge in [0.15, 0.2) is 0 Å². The van der Waals surface area contributed by atoms with E-state index in [0.29, 0.717) is 35.0 Å². The Hall–Kier alpha value is -4.26. The van der Waals surface area contributed by atoms with Crippen LogP contribution in [-0.2, 0) is 16.1 Å². The third kappa shape index (κ3) is 5.61. The van der Waals surface area contributed by atoms with Crippen molar-refractivity contribution in [1.29, 1.82) is 0 Å². The molecule has 1 heterocycles. The van der Waals surface area contributed by atoms with Crippen LogP contribution in [0.4, 0.5) is 0 Å². The number of carbonyl (C=O) groups excluding carboxylic acids is 2. The maximum Gasteiger partial charge on any atom is 0.295 e. The van der Waals surface area contributed by atoms with Gasteiger partial charge in [-0.1, -0.05) is 24.3 Å². The highest BCUT2D eigenvalue weighted by Crippen LogP contribution is 2.41. The third-order valence-electron chi connectivity index (χ3n) is 6.03. The molecule has 0 aromatic heterocycles. The van der Waals surface area contributed by atoms with Gasteiger partial charge >= 0.3 is 0 Å². The second kappa shape index (κ2) is 11.2. The fourth-order valence-corrected chi connectivity index (χ4v) is 4.39. The van der Waals surface area contributed by atoms with E-state index in [1.165, 1.54) is 4.90 Å². The molecule has 1 saturated heterocycles. The lowest BCUT2D eigenvalue weighted by atomic mass is 9.95. The van der Waals surface area contributed by atoms with E-state index < -0.39 is 17.7 Å². The van der Waals surface area contributed by atoms with Crippen molar-refractivity contribution in [3.63, 3.8) is 0 Å². The number of ketones is 1. The lowest BCUT2D eigenvalue weighted by Gasteiger charge is -2.26. The molecule has 1 N–H and O–H groups in total. The molecular formula is C30H31NO6. The maximum absolute atomic E-state index is 13.3. The monoisotopic (exact) mass is 501 g/mol. The van der Waals surface area contributed by atoms with Crippen molar-refractivity contribution >= 4 is 17.4 Å². The number of likely N-dealkylation sites (tertiary alicyclic amines) is 1. The van der Waals surface area contributed by atoms with Gasteiger partial charge < -0.3 is 24.2 Å². The molecule has 7 heteroatoms. The summed E-state index contributed by atoms with van der Waals surface area (Å²) in [6.07, 6.45) is 0.000993. The van der Waals surface area contributed by atoms with Crippen LogP contribution in [0.15, 0.2) is 78.4 Å². The summed E-state index contributed by atoms with van der Waals surface area (Å²) in [6.45, 7) is 6.43. The molecule has 0 bridgehead atoms. The first-order valence-electron chi connectivity index (χ1n) is 12.2. The Labute approximate surface area is 216 Å². The molecule has 0 aliphatic carbocycles. The topological polar surface area (TPSA) is 85.3 Å². The first-order valence-corrected chi connectivity index (χ1v) is 12.2. The Balaban J connectivity index is 1.78. The van der Waals surface area contributed by atoms with Gasteiger partial charge in [-0.2, -0.15) is 0 Å². The molecule has 1 aliphatic heterocycles. The largest absolute Gasteiger partial charge is 0.507 e. The summed E-state index contributed by atoms with van der Waals surface area (Å²) in [5, 5.41) is 11.3. The van der Waals surface area contributed by atoms with Crippen molar-refractivity contribution in [2.24, 2.45) is 0 Å². The highest BCUT2D eigenvalue weighted by molar-refractivity contribution is 6.46. The van der Waals surface area contributed by atoms with E-state index in [0.717, 1.165) is 5.56 Å². The number of amides is 1. The number of nitrogens with zero attached hydrogens (tertiary/aromatic N) is 1. The smallest absolute Gasteiger partial charge is 0.295 e. The Kier molecular flexibility index (Phi) is 7.82. The second-order valence-corrected chi connectivity index (χ2v) is 8.97. The van der Waals surface area contributed by atoms with Crippen LogP contribution in [0.25, 0.3) is 5.76 Å². The number of benzene rings is 3. The van der Waals surface area contributed by atoms with E-state index in [4.69, 9.17) is 14.2 Å². The third-order valence-corrected chi connectivity index (χ3v) is 6.03. The molecule has 7 nitrogen and oxygen atoms in total. The van der Waals surface area contributed by atoms with Gasteiger partial charge in [0, 0.05) is 12.1 Å². The summed E-state index contributed by atoms with van der Waals surface area (Å²) in [6, 6.07) is 20.6. The predicted octanol–water partition coefficient (Wildman–Crippen LogP) is 5.50. The number of Topliss-reactive ketones (excluding diaryl/α,β-unsaturated/α-hetero) is 1. The Bertz CT molecular complexity index is 1290. The molecule has 0 radical (unpaired) electrons. The second-order valence-electron chi connectivity index (χ2n) is 8.97. The molecule has 1 fully saturated rings. The van der Waals surface area contributed by atoms with E-state index in [2.05, 4.69) is 0 Å². The minimum absolute atomic E-state index is 0.000993. The van der Waals surface area contributed by atoms with Crippen molar-refractivity contribution in [1.82, 2.24) is 4.90 Å². The zero-order valence-corrected chi connectivity index (χ0v) is 21.4. The van der Waals surface area contributed by atoms with E-state index in [1.54, 1.807) is 55.6 Å². The van der Waals surface area contributed by atoms with Crippen molar-refractivity contribution < 1.29 is 28.9 Å².